The largest absolute Gasteiger partial charge is 0.369 e. The molecule has 1 aliphatic carbocycles. The summed E-state index contributed by atoms with van der Waals surface area (Å²) in [6.45, 7) is 3.97. The van der Waals surface area contributed by atoms with E-state index >= 15 is 0 Å². The van der Waals surface area contributed by atoms with Crippen molar-refractivity contribution in [3.05, 3.63) is 35.4 Å². The zero-order valence-electron chi connectivity index (χ0n) is 10.2. The first-order chi connectivity index (χ1) is 8.00. The van der Waals surface area contributed by atoms with Gasteiger partial charge in [-0.1, -0.05) is 38.1 Å². The van der Waals surface area contributed by atoms with Gasteiger partial charge >= 0.3 is 0 Å². The zero-order valence-corrected chi connectivity index (χ0v) is 10.2. The van der Waals surface area contributed by atoms with Crippen LogP contribution in [0.1, 0.15) is 42.6 Å². The highest BCUT2D eigenvalue weighted by atomic mass is 16.1. The van der Waals surface area contributed by atoms with Crippen molar-refractivity contribution < 1.29 is 9.59 Å². The first kappa shape index (κ1) is 11.8. The van der Waals surface area contributed by atoms with Gasteiger partial charge in [0.2, 0.25) is 5.91 Å². The molecule has 1 aromatic rings. The van der Waals surface area contributed by atoms with Gasteiger partial charge < -0.3 is 5.73 Å². The van der Waals surface area contributed by atoms with Crippen LogP contribution in [0.3, 0.4) is 0 Å². The molecule has 0 fully saturated rings. The lowest BCUT2D eigenvalue weighted by Gasteiger charge is -2.39. The molecular formula is C14H17NO2. The molecule has 0 spiro atoms. The van der Waals surface area contributed by atoms with Crippen LogP contribution in [-0.4, -0.2) is 11.7 Å². The summed E-state index contributed by atoms with van der Waals surface area (Å²) in [6, 6.07) is 7.33. The van der Waals surface area contributed by atoms with Crippen molar-refractivity contribution in [2.75, 3.05) is 0 Å². The van der Waals surface area contributed by atoms with E-state index in [2.05, 4.69) is 0 Å². The van der Waals surface area contributed by atoms with E-state index in [9.17, 15) is 9.59 Å². The second-order valence-corrected chi connectivity index (χ2v) is 4.96. The van der Waals surface area contributed by atoms with Crippen LogP contribution in [0.4, 0.5) is 0 Å². The minimum absolute atomic E-state index is 0.0919. The lowest BCUT2D eigenvalue weighted by Crippen LogP contribution is -2.48. The number of benzene rings is 1. The van der Waals surface area contributed by atoms with E-state index in [0.29, 0.717) is 18.4 Å². The number of nitrogens with two attached hydrogens (primary N) is 1. The maximum atomic E-state index is 11.9. The van der Waals surface area contributed by atoms with Crippen molar-refractivity contribution in [2.45, 2.75) is 32.1 Å². The Labute approximate surface area is 101 Å². The summed E-state index contributed by atoms with van der Waals surface area (Å²) in [5, 5.41) is 0. The number of hydrogen-bond acceptors (Lipinski definition) is 2. The second kappa shape index (κ2) is 3.99. The van der Waals surface area contributed by atoms with E-state index in [1.165, 1.54) is 0 Å². The minimum atomic E-state index is -0.690. The lowest BCUT2D eigenvalue weighted by atomic mass is 9.63. The topological polar surface area (TPSA) is 60.2 Å². The van der Waals surface area contributed by atoms with E-state index in [4.69, 9.17) is 5.73 Å². The molecule has 0 aromatic heterocycles. The number of ketones is 1. The van der Waals surface area contributed by atoms with Crippen LogP contribution in [-0.2, 0) is 10.2 Å². The molecule has 90 valence electrons. The fraction of sp³-hybridized carbons (Fsp3) is 0.429. The quantitative estimate of drug-likeness (QED) is 0.846. The molecule has 1 unspecified atom stereocenters. The van der Waals surface area contributed by atoms with Gasteiger partial charge in [-0.3, -0.25) is 9.59 Å². The van der Waals surface area contributed by atoms with E-state index in [1.54, 1.807) is 6.07 Å². The normalized spacial score (nSPS) is 23.6. The van der Waals surface area contributed by atoms with Gasteiger partial charge in [-0.2, -0.15) is 0 Å². The lowest BCUT2D eigenvalue weighted by molar-refractivity contribution is -0.125. The molecule has 1 amide bonds. The van der Waals surface area contributed by atoms with E-state index in [1.807, 2.05) is 32.0 Å². The van der Waals surface area contributed by atoms with Crippen LogP contribution in [0.25, 0.3) is 0 Å². The molecule has 0 bridgehead atoms. The highest BCUT2D eigenvalue weighted by molar-refractivity contribution is 6.03. The average Bonchev–Trinajstić information content (AvgIpc) is 2.29. The van der Waals surface area contributed by atoms with Gasteiger partial charge in [0.25, 0.3) is 0 Å². The molecule has 1 aliphatic rings. The number of Topliss-reactive ketones (excluding diaryl/α,β-unsaturated/α-hetero) is 1. The predicted octanol–water partition coefficient (Wildman–Crippen LogP) is 2.04. The molecule has 3 heteroatoms. The van der Waals surface area contributed by atoms with Gasteiger partial charge in [0.1, 0.15) is 0 Å². The summed E-state index contributed by atoms with van der Waals surface area (Å²) >= 11 is 0. The van der Waals surface area contributed by atoms with Gasteiger partial charge in [-0.05, 0) is 17.9 Å². The van der Waals surface area contributed by atoms with E-state index < -0.39 is 5.41 Å². The highest BCUT2D eigenvalue weighted by Gasteiger charge is 2.46. The second-order valence-electron chi connectivity index (χ2n) is 4.96. The van der Waals surface area contributed by atoms with Gasteiger partial charge in [0, 0.05) is 12.0 Å². The fourth-order valence-electron chi connectivity index (χ4n) is 2.84. The van der Waals surface area contributed by atoms with Crippen molar-refractivity contribution in [1.29, 1.82) is 0 Å². The van der Waals surface area contributed by atoms with Gasteiger partial charge in [-0.25, -0.2) is 0 Å². The third-order valence-electron chi connectivity index (χ3n) is 3.88. The van der Waals surface area contributed by atoms with Gasteiger partial charge in [0.15, 0.2) is 5.78 Å². The molecule has 3 nitrogen and oxygen atoms in total. The summed E-state index contributed by atoms with van der Waals surface area (Å²) in [5.74, 6) is -0.125. The highest BCUT2D eigenvalue weighted by Crippen LogP contribution is 2.42. The third kappa shape index (κ3) is 1.57. The number of rotatable bonds is 2. The van der Waals surface area contributed by atoms with E-state index in [-0.39, 0.29) is 17.6 Å². The number of carbonyl (C=O) groups excluding carboxylic acids is 2. The molecule has 0 radical (unpaired) electrons. The number of amides is 1. The predicted molar refractivity (Wildman–Crippen MR) is 65.7 cm³/mol. The van der Waals surface area contributed by atoms with Crippen molar-refractivity contribution in [3.8, 4) is 0 Å². The van der Waals surface area contributed by atoms with E-state index in [0.717, 1.165) is 5.56 Å². The summed E-state index contributed by atoms with van der Waals surface area (Å²) < 4.78 is 0. The summed E-state index contributed by atoms with van der Waals surface area (Å²) in [7, 11) is 0. The van der Waals surface area contributed by atoms with Crippen molar-refractivity contribution in [1.82, 2.24) is 0 Å². The molecule has 1 atom stereocenters. The average molecular weight is 231 g/mol. The summed E-state index contributed by atoms with van der Waals surface area (Å²) in [6.07, 6.45) is 0.925. The Kier molecular flexibility index (Phi) is 2.77. The van der Waals surface area contributed by atoms with Crippen LogP contribution >= 0.6 is 0 Å². The third-order valence-corrected chi connectivity index (χ3v) is 3.88. The van der Waals surface area contributed by atoms with Crippen LogP contribution < -0.4 is 5.73 Å². The number of hydrogen-bond donors (Lipinski definition) is 1. The summed E-state index contributed by atoms with van der Waals surface area (Å²) in [4.78, 5) is 23.8. The monoisotopic (exact) mass is 231 g/mol. The van der Waals surface area contributed by atoms with Crippen LogP contribution in [0, 0.1) is 5.92 Å². The molecular weight excluding hydrogens is 214 g/mol. The Morgan fingerprint density at radius 2 is 2.00 bits per heavy atom. The molecule has 2 N–H and O–H groups in total. The van der Waals surface area contributed by atoms with Crippen LogP contribution in [0.2, 0.25) is 0 Å². The Morgan fingerprint density at radius 1 is 1.35 bits per heavy atom. The summed E-state index contributed by atoms with van der Waals surface area (Å²) in [5.41, 5.74) is 6.39. The molecule has 0 aliphatic heterocycles. The first-order valence-corrected chi connectivity index (χ1v) is 5.92. The Bertz CT molecular complexity index is 479. The Hall–Kier alpha value is -1.64. The molecule has 0 heterocycles. The zero-order chi connectivity index (χ0) is 12.6. The number of fused-ring (bicyclic) bond motifs is 1. The SMILES string of the molecule is CC(C)C1(C(N)=O)CCC(=O)c2ccccc21. The standard InChI is InChI=1S/C14H17NO2/c1-9(2)14(13(15)17)8-7-12(16)10-5-3-4-6-11(10)14/h3-6,9H,7-8H2,1-2H3,(H2,15,17). The first-order valence-electron chi connectivity index (χ1n) is 5.92. The van der Waals surface area contributed by atoms with Crippen molar-refractivity contribution >= 4 is 11.7 Å². The van der Waals surface area contributed by atoms with Crippen LogP contribution in [0.5, 0.6) is 0 Å². The Morgan fingerprint density at radius 3 is 2.59 bits per heavy atom. The molecule has 0 saturated heterocycles. The maximum absolute atomic E-state index is 11.9. The molecule has 17 heavy (non-hydrogen) atoms. The molecule has 2 rings (SSSR count). The fourth-order valence-corrected chi connectivity index (χ4v) is 2.84. The van der Waals surface area contributed by atoms with Gasteiger partial charge in [0.05, 0.1) is 5.41 Å². The maximum Gasteiger partial charge on any atom is 0.228 e. The smallest absolute Gasteiger partial charge is 0.228 e. The molecule has 1 aromatic carbocycles. The van der Waals surface area contributed by atoms with Gasteiger partial charge in [-0.15, -0.1) is 0 Å². The minimum Gasteiger partial charge on any atom is -0.369 e. The number of carbonyl (C=O) groups is 2. The Balaban J connectivity index is 2.69. The molecule has 0 saturated carbocycles. The van der Waals surface area contributed by atoms with Crippen molar-refractivity contribution in [3.63, 3.8) is 0 Å². The van der Waals surface area contributed by atoms with Crippen LogP contribution in [0.15, 0.2) is 24.3 Å². The van der Waals surface area contributed by atoms with Crippen molar-refractivity contribution in [2.24, 2.45) is 11.7 Å². The number of primary amides is 1.